The number of ketones is 1. The third-order valence-corrected chi connectivity index (χ3v) is 3.45. The van der Waals surface area contributed by atoms with Crippen LogP contribution in [-0.4, -0.2) is 18.5 Å². The fourth-order valence-corrected chi connectivity index (χ4v) is 2.32. The molecule has 2 nitrogen and oxygen atoms in total. The summed E-state index contributed by atoms with van der Waals surface area (Å²) in [7, 11) is 0. The van der Waals surface area contributed by atoms with Crippen molar-refractivity contribution in [3.63, 3.8) is 0 Å². The Hall–Kier alpha value is -0.370. The molecule has 0 radical (unpaired) electrons. The zero-order valence-corrected chi connectivity index (χ0v) is 8.34. The summed E-state index contributed by atoms with van der Waals surface area (Å²) in [5.74, 6) is 0.347. The molecule has 0 amide bonds. The number of rotatable bonds is 3. The van der Waals surface area contributed by atoms with Crippen LogP contribution >= 0.6 is 0 Å². The molecule has 2 aliphatic rings. The van der Waals surface area contributed by atoms with Gasteiger partial charge < -0.3 is 4.74 Å². The number of hydrogen-bond acceptors (Lipinski definition) is 2. The topological polar surface area (TPSA) is 26.3 Å². The van der Waals surface area contributed by atoms with E-state index in [2.05, 4.69) is 6.92 Å². The number of carbonyl (C=O) groups is 1. The van der Waals surface area contributed by atoms with E-state index >= 15 is 0 Å². The van der Waals surface area contributed by atoms with Gasteiger partial charge in [-0.25, -0.2) is 0 Å². The van der Waals surface area contributed by atoms with Crippen molar-refractivity contribution in [1.82, 2.24) is 0 Å². The molecule has 1 saturated carbocycles. The smallest absolute Gasteiger partial charge is 0.162 e. The molecule has 13 heavy (non-hydrogen) atoms. The maximum Gasteiger partial charge on any atom is 0.162 e. The lowest BCUT2D eigenvalue weighted by atomic mass is 9.67. The minimum absolute atomic E-state index is 0.0579. The van der Waals surface area contributed by atoms with Crippen molar-refractivity contribution in [2.24, 2.45) is 5.41 Å². The van der Waals surface area contributed by atoms with Crippen LogP contribution in [0.1, 0.15) is 45.4 Å². The van der Waals surface area contributed by atoms with Crippen molar-refractivity contribution in [3.05, 3.63) is 0 Å². The molecular weight excluding hydrogens is 164 g/mol. The van der Waals surface area contributed by atoms with Gasteiger partial charge in [-0.05, 0) is 31.1 Å². The summed E-state index contributed by atoms with van der Waals surface area (Å²) in [6.45, 7) is 3.01. The van der Waals surface area contributed by atoms with E-state index in [-0.39, 0.29) is 6.10 Å². The molecule has 1 aliphatic heterocycles. The number of hydrogen-bond donors (Lipinski definition) is 0. The highest BCUT2D eigenvalue weighted by atomic mass is 16.5. The molecule has 0 aromatic heterocycles. The largest absolute Gasteiger partial charge is 0.370 e. The average molecular weight is 182 g/mol. The Bertz CT molecular complexity index is 200. The summed E-state index contributed by atoms with van der Waals surface area (Å²) in [5.41, 5.74) is 0.322. The fourth-order valence-electron chi connectivity index (χ4n) is 2.32. The first kappa shape index (κ1) is 9.20. The number of Topliss-reactive ketones (excluding diaryl/α,β-unsaturated/α-hetero) is 1. The summed E-state index contributed by atoms with van der Waals surface area (Å²) in [6, 6.07) is 0. The molecule has 1 saturated heterocycles. The zero-order valence-electron chi connectivity index (χ0n) is 8.34. The van der Waals surface area contributed by atoms with Gasteiger partial charge in [-0.15, -0.1) is 0 Å². The van der Waals surface area contributed by atoms with Crippen LogP contribution in [0.4, 0.5) is 0 Å². The van der Waals surface area contributed by atoms with Gasteiger partial charge in [-0.2, -0.15) is 0 Å². The van der Waals surface area contributed by atoms with Crippen molar-refractivity contribution < 1.29 is 9.53 Å². The Kier molecular flexibility index (Phi) is 2.41. The summed E-state index contributed by atoms with van der Waals surface area (Å²) >= 11 is 0. The molecule has 1 unspecified atom stereocenters. The van der Waals surface area contributed by atoms with E-state index in [1.807, 2.05) is 0 Å². The lowest BCUT2D eigenvalue weighted by Gasteiger charge is -2.38. The molecule has 2 rings (SSSR count). The first-order chi connectivity index (χ1) is 6.20. The molecule has 0 N–H and O–H groups in total. The SMILES string of the molecule is CC1(CC(=O)C2CCCO2)CCC1. The highest BCUT2D eigenvalue weighted by Gasteiger charge is 2.36. The highest BCUT2D eigenvalue weighted by molar-refractivity contribution is 5.84. The second-order valence-corrected chi connectivity index (χ2v) is 4.81. The van der Waals surface area contributed by atoms with E-state index in [9.17, 15) is 4.79 Å². The molecule has 0 bridgehead atoms. The van der Waals surface area contributed by atoms with Crippen molar-refractivity contribution in [2.75, 3.05) is 6.61 Å². The van der Waals surface area contributed by atoms with Crippen molar-refractivity contribution in [3.8, 4) is 0 Å². The molecule has 2 heteroatoms. The van der Waals surface area contributed by atoms with Gasteiger partial charge in [0, 0.05) is 13.0 Å². The van der Waals surface area contributed by atoms with E-state index in [0.29, 0.717) is 11.2 Å². The molecule has 0 spiro atoms. The minimum Gasteiger partial charge on any atom is -0.370 e. The Morgan fingerprint density at radius 2 is 2.23 bits per heavy atom. The van der Waals surface area contributed by atoms with Gasteiger partial charge in [-0.1, -0.05) is 13.3 Å². The first-order valence-corrected chi connectivity index (χ1v) is 5.34. The van der Waals surface area contributed by atoms with Crippen LogP contribution in [0.25, 0.3) is 0 Å². The quantitative estimate of drug-likeness (QED) is 0.669. The third kappa shape index (κ3) is 1.93. The molecule has 74 valence electrons. The maximum absolute atomic E-state index is 11.7. The van der Waals surface area contributed by atoms with E-state index in [4.69, 9.17) is 4.74 Å². The lowest BCUT2D eigenvalue weighted by molar-refractivity contribution is -0.131. The van der Waals surface area contributed by atoms with Gasteiger partial charge in [0.2, 0.25) is 0 Å². The number of carbonyl (C=O) groups excluding carboxylic acids is 1. The standard InChI is InChI=1S/C11H18O2/c1-11(5-3-6-11)8-9(12)10-4-2-7-13-10/h10H,2-8H2,1H3. The maximum atomic E-state index is 11.7. The van der Waals surface area contributed by atoms with Crippen LogP contribution in [0.2, 0.25) is 0 Å². The van der Waals surface area contributed by atoms with Crippen LogP contribution in [0.3, 0.4) is 0 Å². The first-order valence-electron chi connectivity index (χ1n) is 5.34. The molecule has 1 aliphatic carbocycles. The summed E-state index contributed by atoms with van der Waals surface area (Å²) in [4.78, 5) is 11.7. The van der Waals surface area contributed by atoms with Crippen LogP contribution < -0.4 is 0 Å². The summed E-state index contributed by atoms with van der Waals surface area (Å²) in [5, 5.41) is 0. The summed E-state index contributed by atoms with van der Waals surface area (Å²) in [6.07, 6.45) is 6.46. The van der Waals surface area contributed by atoms with E-state index in [0.717, 1.165) is 25.9 Å². The summed E-state index contributed by atoms with van der Waals surface area (Å²) < 4.78 is 5.38. The monoisotopic (exact) mass is 182 g/mol. The van der Waals surface area contributed by atoms with Gasteiger partial charge in [-0.3, -0.25) is 4.79 Å². The Balaban J connectivity index is 1.83. The lowest BCUT2D eigenvalue weighted by Crippen LogP contribution is -2.32. The van der Waals surface area contributed by atoms with Crippen LogP contribution in [-0.2, 0) is 9.53 Å². The Morgan fingerprint density at radius 1 is 1.46 bits per heavy atom. The second kappa shape index (κ2) is 3.41. The molecule has 1 atom stereocenters. The van der Waals surface area contributed by atoms with Gasteiger partial charge in [0.05, 0.1) is 0 Å². The molecule has 0 aromatic carbocycles. The van der Waals surface area contributed by atoms with E-state index < -0.39 is 0 Å². The molecule has 2 fully saturated rings. The van der Waals surface area contributed by atoms with Gasteiger partial charge >= 0.3 is 0 Å². The average Bonchev–Trinajstić information content (AvgIpc) is 2.53. The Morgan fingerprint density at radius 3 is 2.69 bits per heavy atom. The second-order valence-electron chi connectivity index (χ2n) is 4.81. The van der Waals surface area contributed by atoms with Crippen molar-refractivity contribution in [1.29, 1.82) is 0 Å². The molecule has 0 aromatic rings. The predicted octanol–water partition coefficient (Wildman–Crippen LogP) is 2.31. The minimum atomic E-state index is -0.0579. The third-order valence-electron chi connectivity index (χ3n) is 3.45. The zero-order chi connectivity index (χ0) is 9.31. The fraction of sp³-hybridized carbons (Fsp3) is 0.909. The van der Waals surface area contributed by atoms with Crippen LogP contribution in [0, 0.1) is 5.41 Å². The van der Waals surface area contributed by atoms with Crippen molar-refractivity contribution in [2.45, 2.75) is 51.6 Å². The molecule has 1 heterocycles. The van der Waals surface area contributed by atoms with Crippen LogP contribution in [0.5, 0.6) is 0 Å². The van der Waals surface area contributed by atoms with Crippen LogP contribution in [0.15, 0.2) is 0 Å². The van der Waals surface area contributed by atoms with Gasteiger partial charge in [0.15, 0.2) is 5.78 Å². The predicted molar refractivity (Wildman–Crippen MR) is 50.6 cm³/mol. The van der Waals surface area contributed by atoms with E-state index in [1.165, 1.54) is 19.3 Å². The van der Waals surface area contributed by atoms with Gasteiger partial charge in [0.25, 0.3) is 0 Å². The van der Waals surface area contributed by atoms with Crippen molar-refractivity contribution >= 4 is 5.78 Å². The number of ether oxygens (including phenoxy) is 1. The molecular formula is C11H18O2. The van der Waals surface area contributed by atoms with E-state index in [1.54, 1.807) is 0 Å². The highest BCUT2D eigenvalue weighted by Crippen LogP contribution is 2.44. The van der Waals surface area contributed by atoms with Gasteiger partial charge in [0.1, 0.15) is 6.10 Å². The Labute approximate surface area is 79.7 Å². The normalized spacial score (nSPS) is 31.3.